The Morgan fingerprint density at radius 3 is 2.44 bits per heavy atom. The van der Waals surface area contributed by atoms with E-state index in [2.05, 4.69) is 0 Å². The molecule has 0 radical (unpaired) electrons. The summed E-state index contributed by atoms with van der Waals surface area (Å²) >= 11 is 0.888. The zero-order valence-corrected chi connectivity index (χ0v) is 9.87. The molecule has 0 amide bonds. The number of carbonyl (C=O) groups excluding carboxylic acids is 1. The van der Waals surface area contributed by atoms with Gasteiger partial charge in [-0.05, 0) is 18.4 Å². The second kappa shape index (κ2) is 6.33. The molecule has 1 atom stereocenters. The quantitative estimate of drug-likeness (QED) is 0.855. The summed E-state index contributed by atoms with van der Waals surface area (Å²) in [5, 5.41) is 8.13. The summed E-state index contributed by atoms with van der Waals surface area (Å²) in [4.78, 5) is 21.8. The van der Waals surface area contributed by atoms with E-state index < -0.39 is 11.2 Å². The summed E-state index contributed by atoms with van der Waals surface area (Å²) < 4.78 is 0. The molecule has 0 aliphatic heterocycles. The highest BCUT2D eigenvalue weighted by Gasteiger charge is 2.19. The zero-order valence-electron chi connectivity index (χ0n) is 9.05. The van der Waals surface area contributed by atoms with E-state index in [1.54, 1.807) is 0 Å². The molecule has 1 rings (SSSR count). The van der Waals surface area contributed by atoms with Crippen molar-refractivity contribution < 1.29 is 14.7 Å². The Hall–Kier alpha value is -1.29. The smallest absolute Gasteiger partial charge is 0.317 e. The molecule has 0 unspecified atom stereocenters. The number of carboxylic acid groups (broad SMARTS) is 1. The minimum Gasteiger partial charge on any atom is -0.480 e. The van der Waals surface area contributed by atoms with Crippen molar-refractivity contribution in [3.05, 3.63) is 35.9 Å². The van der Waals surface area contributed by atoms with Gasteiger partial charge in [-0.2, -0.15) is 0 Å². The molecule has 0 aromatic heterocycles. The van der Waals surface area contributed by atoms with Crippen molar-refractivity contribution in [1.82, 2.24) is 0 Å². The van der Waals surface area contributed by atoms with Crippen molar-refractivity contribution in [3.63, 3.8) is 0 Å². The van der Waals surface area contributed by atoms with Gasteiger partial charge >= 0.3 is 5.97 Å². The normalized spacial score (nSPS) is 12.1. The number of benzene rings is 1. The number of aryl methyl sites for hydroxylation is 1. The third kappa shape index (κ3) is 4.49. The highest BCUT2D eigenvalue weighted by molar-refractivity contribution is 8.14. The molecular weight excluding hydrogens is 224 g/mol. The molecule has 0 aliphatic rings. The first-order chi connectivity index (χ1) is 7.59. The first-order valence-corrected chi connectivity index (χ1v) is 5.91. The van der Waals surface area contributed by atoms with Crippen molar-refractivity contribution >= 4 is 22.8 Å². The van der Waals surface area contributed by atoms with Crippen molar-refractivity contribution in [2.24, 2.45) is 0 Å². The summed E-state index contributed by atoms with van der Waals surface area (Å²) in [6.45, 7) is 1.39. The molecule has 0 spiro atoms. The molecule has 86 valence electrons. The van der Waals surface area contributed by atoms with Crippen LogP contribution < -0.4 is 0 Å². The van der Waals surface area contributed by atoms with Crippen molar-refractivity contribution in [1.29, 1.82) is 0 Å². The number of carbonyl (C=O) groups is 2. The molecular formula is C12H14O3S. The van der Waals surface area contributed by atoms with E-state index in [9.17, 15) is 9.59 Å². The van der Waals surface area contributed by atoms with Crippen LogP contribution >= 0.6 is 11.8 Å². The maximum absolute atomic E-state index is 10.9. The van der Waals surface area contributed by atoms with Gasteiger partial charge in [0.15, 0.2) is 5.12 Å². The van der Waals surface area contributed by atoms with Crippen molar-refractivity contribution in [2.75, 3.05) is 0 Å². The topological polar surface area (TPSA) is 54.4 Å². The lowest BCUT2D eigenvalue weighted by molar-refractivity contribution is -0.136. The number of rotatable bonds is 5. The summed E-state index contributed by atoms with van der Waals surface area (Å²) in [6, 6.07) is 9.67. The maximum atomic E-state index is 10.9. The minimum atomic E-state index is -0.920. The van der Waals surface area contributed by atoms with Gasteiger partial charge in [-0.1, -0.05) is 42.1 Å². The Morgan fingerprint density at radius 1 is 1.31 bits per heavy atom. The average molecular weight is 238 g/mol. The molecule has 0 fully saturated rings. The highest BCUT2D eigenvalue weighted by atomic mass is 32.2. The molecule has 1 aromatic carbocycles. The third-order valence-corrected chi connectivity index (χ3v) is 3.18. The minimum absolute atomic E-state index is 0.152. The largest absolute Gasteiger partial charge is 0.480 e. The summed E-state index contributed by atoms with van der Waals surface area (Å²) in [6.07, 6.45) is 1.15. The van der Waals surface area contributed by atoms with Gasteiger partial charge in [0.2, 0.25) is 0 Å². The van der Waals surface area contributed by atoms with E-state index in [4.69, 9.17) is 5.11 Å². The lowest BCUT2D eigenvalue weighted by Gasteiger charge is -2.09. The third-order valence-electron chi connectivity index (χ3n) is 2.12. The fourth-order valence-corrected chi connectivity index (χ4v) is 2.11. The second-order valence-corrected chi connectivity index (χ2v) is 4.84. The molecule has 0 bridgehead atoms. The van der Waals surface area contributed by atoms with Gasteiger partial charge in [-0.15, -0.1) is 0 Å². The van der Waals surface area contributed by atoms with E-state index in [0.29, 0.717) is 12.8 Å². The predicted octanol–water partition coefficient (Wildman–Crippen LogP) is 2.35. The Bertz CT molecular complexity index is 362. The standard InChI is InChI=1S/C12H14O3S/c1-9(13)16-11(12(14)15)8-7-10-5-3-2-4-6-10/h2-6,11H,7-8H2,1H3,(H,14,15)/t11-/m0/s1. The van der Waals surface area contributed by atoms with Gasteiger partial charge in [0, 0.05) is 6.92 Å². The van der Waals surface area contributed by atoms with Gasteiger partial charge in [-0.3, -0.25) is 9.59 Å². The molecule has 4 heteroatoms. The van der Waals surface area contributed by atoms with Crippen LogP contribution in [-0.4, -0.2) is 21.4 Å². The van der Waals surface area contributed by atoms with Crippen LogP contribution in [0, 0.1) is 0 Å². The Kier molecular flexibility index (Phi) is 5.05. The van der Waals surface area contributed by atoms with Crippen LogP contribution in [0.5, 0.6) is 0 Å². The first kappa shape index (κ1) is 12.8. The number of carboxylic acids is 1. The van der Waals surface area contributed by atoms with E-state index in [1.165, 1.54) is 6.92 Å². The van der Waals surface area contributed by atoms with Gasteiger partial charge in [-0.25, -0.2) is 0 Å². The number of hydrogen-bond donors (Lipinski definition) is 1. The average Bonchev–Trinajstić information content (AvgIpc) is 2.25. The van der Waals surface area contributed by atoms with Gasteiger partial charge in [0.25, 0.3) is 0 Å². The van der Waals surface area contributed by atoms with Crippen LogP contribution in [0.4, 0.5) is 0 Å². The Labute approximate surface area is 98.9 Å². The highest BCUT2D eigenvalue weighted by Crippen LogP contribution is 2.18. The first-order valence-electron chi connectivity index (χ1n) is 5.03. The molecule has 0 aliphatic carbocycles. The van der Waals surface area contributed by atoms with Gasteiger partial charge in [0.1, 0.15) is 5.25 Å². The SMILES string of the molecule is CC(=O)S[C@@H](CCc1ccccc1)C(=O)O. The number of aliphatic carboxylic acids is 1. The Morgan fingerprint density at radius 2 is 1.94 bits per heavy atom. The maximum Gasteiger partial charge on any atom is 0.317 e. The number of thioether (sulfide) groups is 1. The second-order valence-electron chi connectivity index (χ2n) is 3.46. The van der Waals surface area contributed by atoms with Crippen LogP contribution in [0.25, 0.3) is 0 Å². The summed E-state index contributed by atoms with van der Waals surface area (Å²) in [7, 11) is 0. The van der Waals surface area contributed by atoms with E-state index in [0.717, 1.165) is 17.3 Å². The van der Waals surface area contributed by atoms with Crippen LogP contribution in [0.3, 0.4) is 0 Å². The van der Waals surface area contributed by atoms with Crippen molar-refractivity contribution in [3.8, 4) is 0 Å². The Balaban J connectivity index is 2.50. The van der Waals surface area contributed by atoms with Gasteiger partial charge in [0.05, 0.1) is 0 Å². The molecule has 1 aromatic rings. The molecule has 0 saturated carbocycles. The fraction of sp³-hybridized carbons (Fsp3) is 0.333. The predicted molar refractivity (Wildman–Crippen MR) is 64.5 cm³/mol. The number of hydrogen-bond acceptors (Lipinski definition) is 3. The molecule has 1 N–H and O–H groups in total. The van der Waals surface area contributed by atoms with Gasteiger partial charge < -0.3 is 5.11 Å². The lowest BCUT2D eigenvalue weighted by atomic mass is 10.1. The van der Waals surface area contributed by atoms with Crippen LogP contribution in [-0.2, 0) is 16.0 Å². The molecule has 0 heterocycles. The molecule has 0 saturated heterocycles. The van der Waals surface area contributed by atoms with Crippen LogP contribution in [0.15, 0.2) is 30.3 Å². The molecule has 3 nitrogen and oxygen atoms in total. The lowest BCUT2D eigenvalue weighted by Crippen LogP contribution is -2.18. The summed E-state index contributed by atoms with van der Waals surface area (Å²) in [5.41, 5.74) is 1.10. The van der Waals surface area contributed by atoms with E-state index >= 15 is 0 Å². The molecule has 16 heavy (non-hydrogen) atoms. The van der Waals surface area contributed by atoms with Crippen LogP contribution in [0.2, 0.25) is 0 Å². The monoisotopic (exact) mass is 238 g/mol. The van der Waals surface area contributed by atoms with E-state index in [-0.39, 0.29) is 5.12 Å². The fourth-order valence-electron chi connectivity index (χ4n) is 1.38. The van der Waals surface area contributed by atoms with Crippen LogP contribution in [0.1, 0.15) is 18.9 Å². The van der Waals surface area contributed by atoms with Crippen molar-refractivity contribution in [2.45, 2.75) is 25.0 Å². The zero-order chi connectivity index (χ0) is 12.0. The summed E-state index contributed by atoms with van der Waals surface area (Å²) in [5.74, 6) is -0.920. The van der Waals surface area contributed by atoms with E-state index in [1.807, 2.05) is 30.3 Å².